The number of hydrogen-bond acceptors (Lipinski definition) is 5. The third kappa shape index (κ3) is 5.13. The summed E-state index contributed by atoms with van der Waals surface area (Å²) in [5.74, 6) is 2.40. The lowest BCUT2D eigenvalue weighted by molar-refractivity contribution is -0.139. The fourth-order valence-electron chi connectivity index (χ4n) is 3.97. The molecular weight excluding hydrogens is 392 g/mol. The lowest BCUT2D eigenvalue weighted by atomic mass is 9.87. The molecule has 166 valence electrons. The van der Waals surface area contributed by atoms with E-state index in [0.717, 1.165) is 36.9 Å². The summed E-state index contributed by atoms with van der Waals surface area (Å²) in [6.07, 6.45) is -0.499. The SMILES string of the molecule is C[C@H](Oc1ccc(C(C)(C)C)cc1)C(=O)N1CCN(Cc2ccc3c(c2)OCO3)CC1. The van der Waals surface area contributed by atoms with Crippen molar-refractivity contribution in [2.45, 2.75) is 45.8 Å². The topological polar surface area (TPSA) is 51.2 Å². The highest BCUT2D eigenvalue weighted by molar-refractivity contribution is 5.81. The van der Waals surface area contributed by atoms with Crippen molar-refractivity contribution in [1.29, 1.82) is 0 Å². The van der Waals surface area contributed by atoms with Gasteiger partial charge in [-0.25, -0.2) is 0 Å². The number of fused-ring (bicyclic) bond motifs is 1. The third-order valence-electron chi connectivity index (χ3n) is 5.91. The molecule has 2 aliphatic rings. The number of nitrogens with zero attached hydrogens (tertiary/aromatic N) is 2. The number of carbonyl (C=O) groups is 1. The molecule has 0 saturated carbocycles. The van der Waals surface area contributed by atoms with Gasteiger partial charge in [0.15, 0.2) is 17.6 Å². The predicted octanol–water partition coefficient (Wildman–Crippen LogP) is 3.82. The fraction of sp³-hybridized carbons (Fsp3) is 0.480. The van der Waals surface area contributed by atoms with Crippen LogP contribution in [0.5, 0.6) is 17.2 Å². The van der Waals surface area contributed by atoms with Gasteiger partial charge in [0.1, 0.15) is 5.75 Å². The summed E-state index contributed by atoms with van der Waals surface area (Å²) >= 11 is 0. The second-order valence-corrected chi connectivity index (χ2v) is 9.32. The van der Waals surface area contributed by atoms with Crippen molar-refractivity contribution in [2.75, 3.05) is 33.0 Å². The summed E-state index contributed by atoms with van der Waals surface area (Å²) in [6.45, 7) is 12.6. The van der Waals surface area contributed by atoms with Gasteiger partial charge in [-0.2, -0.15) is 0 Å². The number of rotatable bonds is 5. The van der Waals surface area contributed by atoms with E-state index in [2.05, 4.69) is 43.9 Å². The molecule has 0 N–H and O–H groups in total. The van der Waals surface area contributed by atoms with E-state index in [4.69, 9.17) is 14.2 Å². The van der Waals surface area contributed by atoms with Crippen molar-refractivity contribution >= 4 is 5.91 Å². The van der Waals surface area contributed by atoms with Gasteiger partial charge in [-0.15, -0.1) is 0 Å². The van der Waals surface area contributed by atoms with Gasteiger partial charge in [-0.3, -0.25) is 9.69 Å². The summed E-state index contributed by atoms with van der Waals surface area (Å²) in [4.78, 5) is 17.1. The van der Waals surface area contributed by atoms with Crippen molar-refractivity contribution in [3.8, 4) is 17.2 Å². The van der Waals surface area contributed by atoms with E-state index >= 15 is 0 Å². The number of carbonyl (C=O) groups excluding carboxylic acids is 1. The summed E-state index contributed by atoms with van der Waals surface area (Å²) in [5.41, 5.74) is 2.54. The number of ether oxygens (including phenoxy) is 3. The molecule has 6 nitrogen and oxygen atoms in total. The monoisotopic (exact) mass is 424 g/mol. The van der Waals surface area contributed by atoms with Crippen LogP contribution in [0, 0.1) is 0 Å². The molecule has 1 fully saturated rings. The lowest BCUT2D eigenvalue weighted by Crippen LogP contribution is -2.51. The number of benzene rings is 2. The normalized spacial score (nSPS) is 17.5. The van der Waals surface area contributed by atoms with Crippen LogP contribution < -0.4 is 14.2 Å². The smallest absolute Gasteiger partial charge is 0.263 e. The minimum atomic E-state index is -0.499. The average Bonchev–Trinajstić information content (AvgIpc) is 3.21. The van der Waals surface area contributed by atoms with Crippen LogP contribution in [0.25, 0.3) is 0 Å². The lowest BCUT2D eigenvalue weighted by Gasteiger charge is -2.36. The molecule has 2 aromatic carbocycles. The van der Waals surface area contributed by atoms with Crippen molar-refractivity contribution < 1.29 is 19.0 Å². The van der Waals surface area contributed by atoms with Crippen LogP contribution in [0.15, 0.2) is 42.5 Å². The molecule has 0 aromatic heterocycles. The first-order valence-corrected chi connectivity index (χ1v) is 11.0. The molecule has 4 rings (SSSR count). The minimum absolute atomic E-state index is 0.0441. The van der Waals surface area contributed by atoms with Gasteiger partial charge in [0.25, 0.3) is 5.91 Å². The Morgan fingerprint density at radius 3 is 2.35 bits per heavy atom. The van der Waals surface area contributed by atoms with Gasteiger partial charge in [0.2, 0.25) is 6.79 Å². The molecule has 1 saturated heterocycles. The van der Waals surface area contributed by atoms with Crippen molar-refractivity contribution in [1.82, 2.24) is 9.80 Å². The van der Waals surface area contributed by atoms with E-state index < -0.39 is 6.10 Å². The molecule has 0 bridgehead atoms. The first-order chi connectivity index (χ1) is 14.8. The highest BCUT2D eigenvalue weighted by Crippen LogP contribution is 2.33. The Hall–Kier alpha value is -2.73. The van der Waals surface area contributed by atoms with Crippen molar-refractivity contribution in [3.05, 3.63) is 53.6 Å². The molecular formula is C25H32N2O4. The molecule has 2 aromatic rings. The Balaban J connectivity index is 1.26. The second kappa shape index (κ2) is 8.79. The minimum Gasteiger partial charge on any atom is -0.481 e. The number of piperazine rings is 1. The molecule has 0 unspecified atom stereocenters. The first kappa shape index (κ1) is 21.5. The summed E-state index contributed by atoms with van der Waals surface area (Å²) in [6, 6.07) is 14.1. The third-order valence-corrected chi connectivity index (χ3v) is 5.91. The summed E-state index contributed by atoms with van der Waals surface area (Å²) in [5, 5.41) is 0. The van der Waals surface area contributed by atoms with E-state index in [1.54, 1.807) is 0 Å². The van der Waals surface area contributed by atoms with E-state index in [9.17, 15) is 4.79 Å². The average molecular weight is 425 g/mol. The molecule has 1 amide bonds. The highest BCUT2D eigenvalue weighted by Gasteiger charge is 2.26. The van der Waals surface area contributed by atoms with Gasteiger partial charge in [0, 0.05) is 32.7 Å². The first-order valence-electron chi connectivity index (χ1n) is 11.0. The van der Waals surface area contributed by atoms with Gasteiger partial charge < -0.3 is 19.1 Å². The Bertz CT molecular complexity index is 912. The fourth-order valence-corrected chi connectivity index (χ4v) is 3.97. The molecule has 6 heteroatoms. The largest absolute Gasteiger partial charge is 0.481 e. The Morgan fingerprint density at radius 2 is 1.68 bits per heavy atom. The van der Waals surface area contributed by atoms with E-state index in [1.165, 1.54) is 11.1 Å². The molecule has 0 aliphatic carbocycles. The zero-order valence-electron chi connectivity index (χ0n) is 18.9. The van der Waals surface area contributed by atoms with Crippen molar-refractivity contribution in [2.24, 2.45) is 0 Å². The Labute approximate surface area is 184 Å². The predicted molar refractivity (Wildman–Crippen MR) is 120 cm³/mol. The van der Waals surface area contributed by atoms with Crippen LogP contribution >= 0.6 is 0 Å². The van der Waals surface area contributed by atoms with Crippen LogP contribution in [0.2, 0.25) is 0 Å². The number of amides is 1. The molecule has 1 atom stereocenters. The molecule has 0 spiro atoms. The molecule has 0 radical (unpaired) electrons. The quantitative estimate of drug-likeness (QED) is 0.730. The zero-order chi connectivity index (χ0) is 22.0. The molecule has 2 aliphatic heterocycles. The van der Waals surface area contributed by atoms with Gasteiger partial charge in [0.05, 0.1) is 0 Å². The van der Waals surface area contributed by atoms with Crippen LogP contribution in [-0.4, -0.2) is 54.8 Å². The van der Waals surface area contributed by atoms with Crippen molar-refractivity contribution in [3.63, 3.8) is 0 Å². The van der Waals surface area contributed by atoms with Crippen LogP contribution in [0.4, 0.5) is 0 Å². The maximum Gasteiger partial charge on any atom is 0.263 e. The number of hydrogen-bond donors (Lipinski definition) is 0. The maximum absolute atomic E-state index is 12.9. The summed E-state index contributed by atoms with van der Waals surface area (Å²) in [7, 11) is 0. The van der Waals surface area contributed by atoms with Crippen LogP contribution in [-0.2, 0) is 16.8 Å². The van der Waals surface area contributed by atoms with E-state index in [0.29, 0.717) is 19.9 Å². The summed E-state index contributed by atoms with van der Waals surface area (Å²) < 4.78 is 16.8. The van der Waals surface area contributed by atoms with Crippen LogP contribution in [0.3, 0.4) is 0 Å². The maximum atomic E-state index is 12.9. The zero-order valence-corrected chi connectivity index (χ0v) is 18.9. The van der Waals surface area contributed by atoms with Gasteiger partial charge >= 0.3 is 0 Å². The van der Waals surface area contributed by atoms with E-state index in [-0.39, 0.29) is 11.3 Å². The van der Waals surface area contributed by atoms with Gasteiger partial charge in [-0.1, -0.05) is 39.0 Å². The molecule has 31 heavy (non-hydrogen) atoms. The van der Waals surface area contributed by atoms with Gasteiger partial charge in [-0.05, 0) is 47.7 Å². The second-order valence-electron chi connectivity index (χ2n) is 9.32. The Morgan fingerprint density at radius 1 is 1.00 bits per heavy atom. The van der Waals surface area contributed by atoms with Crippen LogP contribution in [0.1, 0.15) is 38.8 Å². The van der Waals surface area contributed by atoms with E-state index in [1.807, 2.05) is 36.1 Å². The standard InChI is InChI=1S/C25H32N2O4/c1-18(31-21-8-6-20(7-9-21)25(2,3)4)24(28)27-13-11-26(12-14-27)16-19-5-10-22-23(15-19)30-17-29-22/h5-10,15,18H,11-14,16-17H2,1-4H3/t18-/m0/s1. The Kier molecular flexibility index (Phi) is 6.10. The highest BCUT2D eigenvalue weighted by atomic mass is 16.7. The molecule has 2 heterocycles.